The number of ether oxygens (including phenoxy) is 2. The third-order valence-electron chi connectivity index (χ3n) is 3.82. The number of anilines is 2. The molecule has 6 nitrogen and oxygen atoms in total. The second kappa shape index (κ2) is 6.16. The summed E-state index contributed by atoms with van der Waals surface area (Å²) >= 11 is 0. The summed E-state index contributed by atoms with van der Waals surface area (Å²) in [7, 11) is 3.96. The van der Waals surface area contributed by atoms with Crippen LogP contribution in [0.1, 0.15) is 13.0 Å². The Labute approximate surface area is 135 Å². The Bertz CT molecular complexity index is 714. The van der Waals surface area contributed by atoms with Crippen molar-refractivity contribution in [2.75, 3.05) is 31.1 Å². The number of amides is 1. The minimum atomic E-state index is -0.323. The van der Waals surface area contributed by atoms with Crippen molar-refractivity contribution in [2.45, 2.75) is 13.0 Å². The minimum absolute atomic E-state index is 0.0912. The molecule has 1 aromatic heterocycles. The molecule has 1 amide bonds. The normalized spacial score (nSPS) is 13.5. The minimum Gasteiger partial charge on any atom is -0.454 e. The lowest BCUT2D eigenvalue weighted by Gasteiger charge is -2.12. The molecule has 120 valence electrons. The molecule has 1 N–H and O–H groups in total. The Morgan fingerprint density at radius 1 is 1.17 bits per heavy atom. The molecule has 0 aliphatic carbocycles. The summed E-state index contributed by atoms with van der Waals surface area (Å²) in [6.07, 6.45) is 3.80. The first kappa shape index (κ1) is 15.1. The quantitative estimate of drug-likeness (QED) is 0.877. The number of carbonyl (C=O) groups is 1. The maximum absolute atomic E-state index is 12.4. The van der Waals surface area contributed by atoms with E-state index in [0.717, 1.165) is 5.69 Å². The first-order chi connectivity index (χ1) is 11.0. The van der Waals surface area contributed by atoms with Crippen LogP contribution >= 0.6 is 0 Å². The molecule has 2 aromatic rings. The van der Waals surface area contributed by atoms with Crippen LogP contribution in [0.2, 0.25) is 0 Å². The number of rotatable bonds is 4. The zero-order valence-corrected chi connectivity index (χ0v) is 13.4. The van der Waals surface area contributed by atoms with Crippen LogP contribution in [0.5, 0.6) is 11.5 Å². The van der Waals surface area contributed by atoms with E-state index in [4.69, 9.17) is 9.47 Å². The summed E-state index contributed by atoms with van der Waals surface area (Å²) in [6, 6.07) is 9.00. The Kier molecular flexibility index (Phi) is 4.06. The first-order valence-corrected chi connectivity index (χ1v) is 7.43. The average molecular weight is 314 g/mol. The maximum atomic E-state index is 12.4. The molecule has 1 aliphatic heterocycles. The zero-order chi connectivity index (χ0) is 16.4. The van der Waals surface area contributed by atoms with E-state index in [1.54, 1.807) is 18.2 Å². The number of hydrogen-bond acceptors (Lipinski definition) is 4. The van der Waals surface area contributed by atoms with E-state index in [9.17, 15) is 4.79 Å². The molecule has 0 spiro atoms. The van der Waals surface area contributed by atoms with Gasteiger partial charge in [-0.05, 0) is 12.1 Å². The molecule has 2 heterocycles. The summed E-state index contributed by atoms with van der Waals surface area (Å²) in [4.78, 5) is 14.4. The zero-order valence-electron chi connectivity index (χ0n) is 13.4. The van der Waals surface area contributed by atoms with E-state index < -0.39 is 0 Å². The maximum Gasteiger partial charge on any atom is 0.293 e. The van der Waals surface area contributed by atoms with E-state index in [1.165, 1.54) is 0 Å². The molecular formula is C17H20N3O3+. The fourth-order valence-corrected chi connectivity index (χ4v) is 2.34. The van der Waals surface area contributed by atoms with Crippen molar-refractivity contribution in [3.8, 4) is 11.5 Å². The fourth-order valence-electron chi connectivity index (χ4n) is 2.34. The molecule has 0 fully saturated rings. The fraction of sp³-hybridized carbons (Fsp3) is 0.294. The van der Waals surface area contributed by atoms with Crippen LogP contribution in [0.3, 0.4) is 0 Å². The molecule has 0 saturated heterocycles. The van der Waals surface area contributed by atoms with Crippen molar-refractivity contribution < 1.29 is 18.8 Å². The highest BCUT2D eigenvalue weighted by Gasteiger charge is 2.23. The second-order valence-electron chi connectivity index (χ2n) is 5.63. The molecule has 0 unspecified atom stereocenters. The summed E-state index contributed by atoms with van der Waals surface area (Å²) < 4.78 is 12.5. The summed E-state index contributed by atoms with van der Waals surface area (Å²) in [6.45, 7) is 2.08. The largest absolute Gasteiger partial charge is 0.454 e. The lowest BCUT2D eigenvalue weighted by atomic mass is 10.2. The van der Waals surface area contributed by atoms with Crippen LogP contribution in [0, 0.1) is 0 Å². The van der Waals surface area contributed by atoms with Crippen molar-refractivity contribution in [1.82, 2.24) is 0 Å². The molecule has 1 atom stereocenters. The second-order valence-corrected chi connectivity index (χ2v) is 5.63. The SMILES string of the molecule is C[C@@H](C(=O)Nc1ccc2c(c1)OCO2)[n+]1ccc(N(C)C)cc1. The van der Waals surface area contributed by atoms with E-state index in [0.29, 0.717) is 17.2 Å². The lowest BCUT2D eigenvalue weighted by molar-refractivity contribution is -0.705. The van der Waals surface area contributed by atoms with E-state index >= 15 is 0 Å². The predicted octanol–water partition coefficient (Wildman–Crippen LogP) is 1.97. The monoisotopic (exact) mass is 314 g/mol. The molecule has 1 aliphatic rings. The number of nitrogens with zero attached hydrogens (tertiary/aromatic N) is 2. The topological polar surface area (TPSA) is 54.7 Å². The van der Waals surface area contributed by atoms with Crippen LogP contribution < -0.4 is 24.3 Å². The lowest BCUT2D eigenvalue weighted by Crippen LogP contribution is -2.44. The van der Waals surface area contributed by atoms with Crippen LogP contribution in [-0.4, -0.2) is 26.8 Å². The third kappa shape index (κ3) is 3.21. The van der Waals surface area contributed by atoms with Gasteiger partial charge in [-0.15, -0.1) is 0 Å². The molecule has 0 radical (unpaired) electrons. The van der Waals surface area contributed by atoms with Gasteiger partial charge in [0.2, 0.25) is 12.8 Å². The number of carbonyl (C=O) groups excluding carboxylic acids is 1. The summed E-state index contributed by atoms with van der Waals surface area (Å²) in [5.41, 5.74) is 1.78. The first-order valence-electron chi connectivity index (χ1n) is 7.43. The van der Waals surface area contributed by atoms with E-state index in [1.807, 2.05) is 55.0 Å². The Morgan fingerprint density at radius 2 is 1.87 bits per heavy atom. The number of nitrogens with one attached hydrogen (secondary N) is 1. The smallest absolute Gasteiger partial charge is 0.293 e. The Hall–Kier alpha value is -2.76. The number of aromatic nitrogens is 1. The van der Waals surface area contributed by atoms with Gasteiger partial charge in [0.15, 0.2) is 23.9 Å². The van der Waals surface area contributed by atoms with Gasteiger partial charge < -0.3 is 19.7 Å². The molecule has 3 rings (SSSR count). The van der Waals surface area contributed by atoms with Gasteiger partial charge in [-0.25, -0.2) is 0 Å². The van der Waals surface area contributed by atoms with Crippen molar-refractivity contribution in [1.29, 1.82) is 0 Å². The number of pyridine rings is 1. The highest BCUT2D eigenvalue weighted by molar-refractivity contribution is 5.92. The molecule has 0 saturated carbocycles. The van der Waals surface area contributed by atoms with Crippen LogP contribution in [0.4, 0.5) is 11.4 Å². The average Bonchev–Trinajstić information content (AvgIpc) is 3.01. The van der Waals surface area contributed by atoms with Crippen LogP contribution in [0.25, 0.3) is 0 Å². The van der Waals surface area contributed by atoms with Gasteiger partial charge in [0.05, 0.1) is 0 Å². The molecule has 6 heteroatoms. The van der Waals surface area contributed by atoms with Crippen molar-refractivity contribution >= 4 is 17.3 Å². The number of fused-ring (bicyclic) bond motifs is 1. The van der Waals surface area contributed by atoms with Gasteiger partial charge in [-0.3, -0.25) is 4.79 Å². The van der Waals surface area contributed by atoms with Gasteiger partial charge >= 0.3 is 0 Å². The van der Waals surface area contributed by atoms with Crippen LogP contribution in [-0.2, 0) is 4.79 Å². The highest BCUT2D eigenvalue weighted by atomic mass is 16.7. The molecular weight excluding hydrogens is 294 g/mol. The Balaban J connectivity index is 1.69. The van der Waals surface area contributed by atoms with Crippen molar-refractivity contribution in [3.63, 3.8) is 0 Å². The third-order valence-corrected chi connectivity index (χ3v) is 3.82. The summed E-state index contributed by atoms with van der Waals surface area (Å²) in [5.74, 6) is 1.26. The van der Waals surface area contributed by atoms with Crippen LogP contribution in [0.15, 0.2) is 42.7 Å². The standard InChI is InChI=1S/C17H19N3O3/c1-12(20-8-6-14(7-9-20)19(2)3)17(21)18-13-4-5-15-16(10-13)23-11-22-15/h4-10,12H,11H2,1-3H3/p+1/t12-/m0/s1. The van der Waals surface area contributed by atoms with Gasteiger partial charge in [0.1, 0.15) is 0 Å². The Morgan fingerprint density at radius 3 is 2.57 bits per heavy atom. The van der Waals surface area contributed by atoms with Gasteiger partial charge in [-0.2, -0.15) is 4.57 Å². The molecule has 0 bridgehead atoms. The molecule has 23 heavy (non-hydrogen) atoms. The van der Waals surface area contributed by atoms with E-state index in [-0.39, 0.29) is 18.7 Å². The van der Waals surface area contributed by atoms with Gasteiger partial charge in [-0.1, -0.05) is 0 Å². The van der Waals surface area contributed by atoms with Gasteiger partial charge in [0, 0.05) is 50.6 Å². The number of benzene rings is 1. The molecule has 1 aromatic carbocycles. The van der Waals surface area contributed by atoms with Crippen molar-refractivity contribution in [2.24, 2.45) is 0 Å². The number of hydrogen-bond donors (Lipinski definition) is 1. The highest BCUT2D eigenvalue weighted by Crippen LogP contribution is 2.34. The summed E-state index contributed by atoms with van der Waals surface area (Å²) in [5, 5.41) is 2.90. The van der Waals surface area contributed by atoms with Gasteiger partial charge in [0.25, 0.3) is 5.91 Å². The van der Waals surface area contributed by atoms with Crippen molar-refractivity contribution in [3.05, 3.63) is 42.7 Å². The predicted molar refractivity (Wildman–Crippen MR) is 86.9 cm³/mol. The van der Waals surface area contributed by atoms with E-state index in [2.05, 4.69) is 5.32 Å².